The van der Waals surface area contributed by atoms with E-state index in [1.54, 1.807) is 0 Å². The highest BCUT2D eigenvalue weighted by Crippen LogP contribution is 2.11. The van der Waals surface area contributed by atoms with Gasteiger partial charge in [-0.2, -0.15) is 0 Å². The molecule has 0 aromatic heterocycles. The number of allylic oxidation sites excluding steroid dienone is 2. The van der Waals surface area contributed by atoms with Gasteiger partial charge in [0.1, 0.15) is 0 Å². The molecule has 0 amide bonds. The van der Waals surface area contributed by atoms with Crippen LogP contribution in [-0.2, 0) is 4.74 Å². The third-order valence-electron chi connectivity index (χ3n) is 2.46. The van der Waals surface area contributed by atoms with Gasteiger partial charge in [0.15, 0.2) is 0 Å². The van der Waals surface area contributed by atoms with Crippen LogP contribution >= 0.6 is 23.2 Å². The van der Waals surface area contributed by atoms with Crippen LogP contribution in [0.3, 0.4) is 0 Å². The van der Waals surface area contributed by atoms with E-state index in [0.717, 1.165) is 51.7 Å². The Kier molecular flexibility index (Phi) is 12.5. The number of halogens is 2. The second-order valence-corrected chi connectivity index (χ2v) is 5.37. The Morgan fingerprint density at radius 1 is 0.882 bits per heavy atom. The van der Waals surface area contributed by atoms with Crippen LogP contribution in [0.4, 0.5) is 0 Å². The van der Waals surface area contributed by atoms with Crippen molar-refractivity contribution in [1.29, 1.82) is 0 Å². The Bertz CT molecular complexity index is 175. The molecule has 3 heteroatoms. The van der Waals surface area contributed by atoms with Crippen LogP contribution in [0.1, 0.15) is 38.5 Å². The number of hydrogen-bond donors (Lipinski definition) is 0. The van der Waals surface area contributed by atoms with Crippen LogP contribution in [0.5, 0.6) is 0 Å². The molecule has 0 heterocycles. The van der Waals surface area contributed by atoms with Gasteiger partial charge >= 0.3 is 0 Å². The van der Waals surface area contributed by atoms with Gasteiger partial charge in [0.25, 0.3) is 0 Å². The molecule has 0 aromatic carbocycles. The monoisotopic (exact) mass is 278 g/mol. The largest absolute Gasteiger partial charge is 0.381 e. The molecule has 100 valence electrons. The summed E-state index contributed by atoms with van der Waals surface area (Å²) in [5.74, 6) is 0. The first-order valence-electron chi connectivity index (χ1n) is 6.28. The maximum atomic E-state index is 6.04. The summed E-state index contributed by atoms with van der Waals surface area (Å²) < 4.78 is 5.52. The molecule has 2 atom stereocenters. The lowest BCUT2D eigenvalue weighted by molar-refractivity contribution is 0.126. The average Bonchev–Trinajstić information content (AvgIpc) is 2.28. The van der Waals surface area contributed by atoms with E-state index in [1.165, 1.54) is 0 Å². The fourth-order valence-electron chi connectivity index (χ4n) is 1.51. The summed E-state index contributed by atoms with van der Waals surface area (Å²) in [6, 6.07) is 0. The minimum Gasteiger partial charge on any atom is -0.381 e. The molecule has 0 aliphatic rings. The zero-order valence-electron chi connectivity index (χ0n) is 10.5. The molecule has 0 rings (SSSR count). The van der Waals surface area contributed by atoms with E-state index in [-0.39, 0.29) is 10.8 Å². The molecule has 0 fully saturated rings. The third-order valence-corrected chi connectivity index (χ3v) is 3.25. The van der Waals surface area contributed by atoms with Gasteiger partial charge in [0.05, 0.1) is 0 Å². The molecule has 17 heavy (non-hydrogen) atoms. The van der Waals surface area contributed by atoms with Gasteiger partial charge in [-0.25, -0.2) is 0 Å². The summed E-state index contributed by atoms with van der Waals surface area (Å²) >= 11 is 12.1. The zero-order valence-corrected chi connectivity index (χ0v) is 12.1. The smallest absolute Gasteiger partial charge is 0.0466 e. The van der Waals surface area contributed by atoms with Crippen molar-refractivity contribution in [2.75, 3.05) is 13.2 Å². The fraction of sp³-hybridized carbons (Fsp3) is 0.714. The molecule has 0 aliphatic carbocycles. The van der Waals surface area contributed by atoms with Gasteiger partial charge in [-0.15, -0.1) is 36.4 Å². The lowest BCUT2D eigenvalue weighted by Crippen LogP contribution is -2.04. The van der Waals surface area contributed by atoms with Crippen molar-refractivity contribution in [3.63, 3.8) is 0 Å². The summed E-state index contributed by atoms with van der Waals surface area (Å²) in [5, 5.41) is 0.409. The topological polar surface area (TPSA) is 9.23 Å². The van der Waals surface area contributed by atoms with E-state index in [2.05, 4.69) is 13.2 Å². The Labute approximate surface area is 116 Å². The van der Waals surface area contributed by atoms with Crippen molar-refractivity contribution in [3.8, 4) is 0 Å². The fourth-order valence-corrected chi connectivity index (χ4v) is 2.07. The van der Waals surface area contributed by atoms with Crippen molar-refractivity contribution in [3.05, 3.63) is 25.3 Å². The predicted molar refractivity (Wildman–Crippen MR) is 78.2 cm³/mol. The van der Waals surface area contributed by atoms with Crippen LogP contribution in [0.2, 0.25) is 0 Å². The van der Waals surface area contributed by atoms with Crippen molar-refractivity contribution in [2.24, 2.45) is 0 Å². The number of alkyl halides is 2. The van der Waals surface area contributed by atoms with E-state index in [1.807, 2.05) is 12.2 Å². The van der Waals surface area contributed by atoms with Gasteiger partial charge in [0.2, 0.25) is 0 Å². The summed E-state index contributed by atoms with van der Waals surface area (Å²) in [6.45, 7) is 8.90. The first-order valence-corrected chi connectivity index (χ1v) is 7.15. The summed E-state index contributed by atoms with van der Waals surface area (Å²) in [5.41, 5.74) is 0. The Morgan fingerprint density at radius 3 is 1.65 bits per heavy atom. The highest BCUT2D eigenvalue weighted by molar-refractivity contribution is 6.20. The zero-order chi connectivity index (χ0) is 12.9. The standard InChI is InChI=1S/C14H24Cl2O/c1-3-7-13(15)9-5-11-17-12-6-10-14(16)8-4-2/h3-4,13-14H,1-2,5-12H2. The van der Waals surface area contributed by atoms with Gasteiger partial charge in [0, 0.05) is 24.0 Å². The Morgan fingerprint density at radius 2 is 1.29 bits per heavy atom. The molecule has 0 aliphatic heterocycles. The molecule has 1 nitrogen and oxygen atoms in total. The van der Waals surface area contributed by atoms with E-state index in [9.17, 15) is 0 Å². The van der Waals surface area contributed by atoms with Crippen molar-refractivity contribution < 1.29 is 4.74 Å². The second kappa shape index (κ2) is 12.5. The van der Waals surface area contributed by atoms with Crippen LogP contribution in [0.15, 0.2) is 25.3 Å². The average molecular weight is 279 g/mol. The summed E-state index contributed by atoms with van der Waals surface area (Å²) in [4.78, 5) is 0. The molecule has 0 N–H and O–H groups in total. The van der Waals surface area contributed by atoms with Crippen LogP contribution in [0.25, 0.3) is 0 Å². The van der Waals surface area contributed by atoms with Gasteiger partial charge < -0.3 is 4.74 Å². The van der Waals surface area contributed by atoms with Gasteiger partial charge in [-0.05, 0) is 38.5 Å². The predicted octanol–water partition coefficient (Wildman–Crippen LogP) is 4.93. The number of rotatable bonds is 12. The normalized spacial score (nSPS) is 14.2. The lowest BCUT2D eigenvalue weighted by Gasteiger charge is -2.08. The molecule has 0 spiro atoms. The molecule has 0 radical (unpaired) electrons. The first kappa shape index (κ1) is 17.0. The minimum absolute atomic E-state index is 0.205. The number of hydrogen-bond acceptors (Lipinski definition) is 1. The van der Waals surface area contributed by atoms with Crippen molar-refractivity contribution in [1.82, 2.24) is 0 Å². The van der Waals surface area contributed by atoms with Crippen molar-refractivity contribution >= 4 is 23.2 Å². The van der Waals surface area contributed by atoms with E-state index in [4.69, 9.17) is 27.9 Å². The third kappa shape index (κ3) is 12.3. The molecule has 0 bridgehead atoms. The second-order valence-electron chi connectivity index (χ2n) is 4.14. The highest BCUT2D eigenvalue weighted by Gasteiger charge is 2.03. The summed E-state index contributed by atoms with van der Waals surface area (Å²) in [7, 11) is 0. The first-order chi connectivity index (χ1) is 8.20. The molecule has 2 unspecified atom stereocenters. The SMILES string of the molecule is C=CCC(Cl)CCCOCCCC(Cl)CC=C. The maximum Gasteiger partial charge on any atom is 0.0466 e. The number of ether oxygens (including phenoxy) is 1. The van der Waals surface area contributed by atoms with E-state index in [0.29, 0.717) is 0 Å². The maximum absolute atomic E-state index is 6.04. The molecule has 0 saturated heterocycles. The molecule has 0 aromatic rings. The van der Waals surface area contributed by atoms with Crippen LogP contribution in [0, 0.1) is 0 Å². The Balaban J connectivity index is 3.18. The quantitative estimate of drug-likeness (QED) is 0.279. The highest BCUT2D eigenvalue weighted by atomic mass is 35.5. The van der Waals surface area contributed by atoms with Crippen LogP contribution < -0.4 is 0 Å². The van der Waals surface area contributed by atoms with E-state index < -0.39 is 0 Å². The minimum atomic E-state index is 0.205. The molecular formula is C14H24Cl2O. The molecule has 0 saturated carbocycles. The summed E-state index contributed by atoms with van der Waals surface area (Å²) in [6.07, 6.45) is 9.47. The Hall–Kier alpha value is 0.0200. The molecular weight excluding hydrogens is 255 g/mol. The van der Waals surface area contributed by atoms with Gasteiger partial charge in [-0.3, -0.25) is 0 Å². The van der Waals surface area contributed by atoms with E-state index >= 15 is 0 Å². The van der Waals surface area contributed by atoms with Crippen molar-refractivity contribution in [2.45, 2.75) is 49.3 Å². The lowest BCUT2D eigenvalue weighted by atomic mass is 10.2. The van der Waals surface area contributed by atoms with Gasteiger partial charge in [-0.1, -0.05) is 12.2 Å². The van der Waals surface area contributed by atoms with Crippen LogP contribution in [-0.4, -0.2) is 24.0 Å².